The predicted octanol–water partition coefficient (Wildman–Crippen LogP) is -6.86. The summed E-state index contributed by atoms with van der Waals surface area (Å²) < 4.78 is 36.0. The molecule has 0 rings (SSSR count). The maximum absolute atomic E-state index is 11.0. The molecule has 0 amide bonds. The minimum atomic E-state index is -4.94. The second kappa shape index (κ2) is 17.2. The Bertz CT molecular complexity index is 347. The molecule has 0 heterocycles. The Morgan fingerprint density at radius 3 is 1.89 bits per heavy atom. The summed E-state index contributed by atoms with van der Waals surface area (Å²) in [7, 11) is -9.04. The molecule has 0 unspecified atom stereocenters. The van der Waals surface area contributed by atoms with E-state index in [-0.39, 0.29) is 142 Å². The molecule has 104 valence electrons. The van der Waals surface area contributed by atoms with Gasteiger partial charge in [-0.05, 0) is 6.42 Å². The van der Waals surface area contributed by atoms with Crippen LogP contribution in [0.15, 0.2) is 0 Å². The summed E-state index contributed by atoms with van der Waals surface area (Å²) in [4.78, 5) is 16.7. The van der Waals surface area contributed by atoms with Crippen LogP contribution in [-0.4, -0.2) is 24.0 Å². The maximum atomic E-state index is 11.0. The van der Waals surface area contributed by atoms with Gasteiger partial charge in [-0.15, -0.1) is 0 Å². The zero-order valence-corrected chi connectivity index (χ0v) is 22.3. The van der Waals surface area contributed by atoms with Crippen molar-refractivity contribution in [2.45, 2.75) is 45.4 Å². The van der Waals surface area contributed by atoms with E-state index in [1.807, 2.05) is 0 Å². The van der Waals surface area contributed by atoms with Crippen LogP contribution < -0.4 is 132 Å². The first-order valence-electron chi connectivity index (χ1n) is 5.26. The van der Waals surface area contributed by atoms with Gasteiger partial charge in [-0.3, -0.25) is 0 Å². The van der Waals surface area contributed by atoms with Crippen LogP contribution in [0.25, 0.3) is 0 Å². The standard InChI is InChI=1S/C8H19O6PS.2K.Na.3H/c1-2-3-4-5-6-7-8-16(12,13)14-15(9,10)11;;;;;;/h2-8H2,1H3,(H2,9,10,11);;;;;;/q;3*+1;3*-1. The summed E-state index contributed by atoms with van der Waals surface area (Å²) in [6.07, 6.45) is 5.30. The average molecular weight is 378 g/mol. The van der Waals surface area contributed by atoms with E-state index in [0.29, 0.717) is 6.42 Å². The van der Waals surface area contributed by atoms with Crippen LogP contribution >= 0.6 is 7.82 Å². The molecule has 0 bridgehead atoms. The molecule has 0 atom stereocenters. The first-order chi connectivity index (χ1) is 7.27. The van der Waals surface area contributed by atoms with E-state index in [9.17, 15) is 13.0 Å². The van der Waals surface area contributed by atoms with Crippen molar-refractivity contribution in [2.75, 3.05) is 5.75 Å². The van der Waals surface area contributed by atoms with Crippen LogP contribution in [-0.2, 0) is 18.7 Å². The second-order valence-electron chi connectivity index (χ2n) is 3.59. The van der Waals surface area contributed by atoms with Crippen molar-refractivity contribution in [3.8, 4) is 0 Å². The van der Waals surface area contributed by atoms with Gasteiger partial charge < -0.3 is 14.1 Å². The third kappa shape index (κ3) is 24.7. The Morgan fingerprint density at radius 2 is 1.47 bits per heavy atom. The summed E-state index contributed by atoms with van der Waals surface area (Å²) in [5.74, 6) is -0.343. The third-order valence-electron chi connectivity index (χ3n) is 1.96. The molecule has 0 aromatic heterocycles. The van der Waals surface area contributed by atoms with Gasteiger partial charge in [0, 0.05) is 0 Å². The molecule has 0 aliphatic heterocycles. The van der Waals surface area contributed by atoms with Crippen molar-refractivity contribution in [1.82, 2.24) is 0 Å². The zero-order chi connectivity index (χ0) is 12.7. The van der Waals surface area contributed by atoms with Gasteiger partial charge in [0.2, 0.25) is 0 Å². The van der Waals surface area contributed by atoms with Crippen molar-refractivity contribution in [1.29, 1.82) is 0 Å². The van der Waals surface area contributed by atoms with Crippen LogP contribution in [0.4, 0.5) is 0 Å². The number of rotatable bonds is 9. The minimum Gasteiger partial charge on any atom is -1.00 e. The summed E-state index contributed by atoms with van der Waals surface area (Å²) in [5.41, 5.74) is 0. The molecule has 0 spiro atoms. The summed E-state index contributed by atoms with van der Waals surface area (Å²) >= 11 is 0. The Balaban J connectivity index is -0.0000000750. The summed E-state index contributed by atoms with van der Waals surface area (Å²) in [6.45, 7) is 2.08. The van der Waals surface area contributed by atoms with E-state index in [1.165, 1.54) is 0 Å². The van der Waals surface area contributed by atoms with Crippen LogP contribution in [0.5, 0.6) is 0 Å². The van der Waals surface area contributed by atoms with Gasteiger partial charge in [-0.25, -0.2) is 4.57 Å². The Labute approximate surface area is 227 Å². The Hall–Kier alpha value is 4.33. The molecule has 0 aliphatic carbocycles. The molecule has 19 heavy (non-hydrogen) atoms. The Kier molecular flexibility index (Phi) is 28.1. The van der Waals surface area contributed by atoms with E-state index < -0.39 is 17.9 Å². The molecular formula is C8H22K2NaO6PS. The average Bonchev–Trinajstić information content (AvgIpc) is 2.06. The monoisotopic (exact) mass is 378 g/mol. The number of phosphoric acid groups is 1. The van der Waals surface area contributed by atoms with Gasteiger partial charge in [-0.2, -0.15) is 12.4 Å². The number of hydrogen-bond donors (Lipinski definition) is 2. The fraction of sp³-hybridized carbons (Fsp3) is 1.00. The van der Waals surface area contributed by atoms with Gasteiger partial charge in [0.15, 0.2) is 0 Å². The van der Waals surface area contributed by atoms with Gasteiger partial charge >= 0.3 is 140 Å². The fourth-order valence-electron chi connectivity index (χ4n) is 1.24. The molecule has 11 heteroatoms. The number of hydrogen-bond acceptors (Lipinski definition) is 4. The van der Waals surface area contributed by atoms with E-state index in [0.717, 1.165) is 32.1 Å². The van der Waals surface area contributed by atoms with Gasteiger partial charge in [0.05, 0.1) is 5.75 Å². The SMILES string of the molecule is CCCCCCCCS(=O)(=O)OP(=O)(O)O.[H-].[H-].[H-].[K+].[K+].[Na+]. The second-order valence-corrected chi connectivity index (χ2v) is 6.70. The zero-order valence-electron chi connectivity index (χ0n) is 15.3. The molecule has 0 saturated heterocycles. The first-order valence-corrected chi connectivity index (χ1v) is 8.37. The first kappa shape index (κ1) is 31.1. The van der Waals surface area contributed by atoms with Crippen molar-refractivity contribution in [3.63, 3.8) is 0 Å². The molecule has 0 radical (unpaired) electrons. The molecule has 0 aliphatic rings. The molecule has 0 saturated carbocycles. The molecule has 0 fully saturated rings. The van der Waals surface area contributed by atoms with Crippen molar-refractivity contribution in [3.05, 3.63) is 0 Å². The van der Waals surface area contributed by atoms with Crippen LogP contribution in [0, 0.1) is 0 Å². The minimum absolute atomic E-state index is 0. The predicted molar refractivity (Wildman–Crippen MR) is 63.6 cm³/mol. The van der Waals surface area contributed by atoms with E-state index >= 15 is 0 Å². The fourth-order valence-corrected chi connectivity index (χ4v) is 3.28. The van der Waals surface area contributed by atoms with Crippen LogP contribution in [0.2, 0.25) is 0 Å². The maximum Gasteiger partial charge on any atom is 1.00 e. The quantitative estimate of drug-likeness (QED) is 0.235. The molecule has 0 aromatic rings. The van der Waals surface area contributed by atoms with Crippen molar-refractivity contribution < 1.29 is 163 Å². The largest absolute Gasteiger partial charge is 1.00 e. The third-order valence-corrected chi connectivity index (χ3v) is 4.43. The number of unbranched alkanes of at least 4 members (excludes halogenated alkanes) is 5. The molecule has 6 nitrogen and oxygen atoms in total. The van der Waals surface area contributed by atoms with E-state index in [1.54, 1.807) is 0 Å². The molecule has 0 aromatic carbocycles. The smallest absolute Gasteiger partial charge is 1.00 e. The van der Waals surface area contributed by atoms with Crippen LogP contribution in [0.1, 0.15) is 49.7 Å². The van der Waals surface area contributed by atoms with Gasteiger partial charge in [0.25, 0.3) is 10.1 Å². The molecule has 2 N–H and O–H groups in total. The summed E-state index contributed by atoms with van der Waals surface area (Å²) in [5, 5.41) is 0. The van der Waals surface area contributed by atoms with Crippen LogP contribution in [0.3, 0.4) is 0 Å². The van der Waals surface area contributed by atoms with Crippen molar-refractivity contribution in [2.24, 2.45) is 0 Å². The topological polar surface area (TPSA) is 101 Å². The summed E-state index contributed by atoms with van der Waals surface area (Å²) in [6, 6.07) is 0. The molecular weight excluding hydrogens is 356 g/mol. The normalized spacial score (nSPS) is 10.9. The van der Waals surface area contributed by atoms with E-state index in [2.05, 4.69) is 10.9 Å². The van der Waals surface area contributed by atoms with Gasteiger partial charge in [0.1, 0.15) is 0 Å². The Morgan fingerprint density at radius 1 is 1.05 bits per heavy atom. The van der Waals surface area contributed by atoms with Crippen molar-refractivity contribution >= 4 is 17.9 Å². The van der Waals surface area contributed by atoms with E-state index in [4.69, 9.17) is 9.79 Å². The van der Waals surface area contributed by atoms with Gasteiger partial charge in [-0.1, -0.05) is 39.0 Å².